The lowest BCUT2D eigenvalue weighted by atomic mass is 10.0. The molecule has 0 aliphatic carbocycles. The fraction of sp³-hybridized carbons (Fsp3) is 0.200. The number of aromatic nitrogens is 1. The molecule has 3 nitrogen and oxygen atoms in total. The first kappa shape index (κ1) is 11.0. The summed E-state index contributed by atoms with van der Waals surface area (Å²) in [6, 6.07) is 9.27. The van der Waals surface area contributed by atoms with Crippen molar-refractivity contribution in [2.24, 2.45) is 0 Å². The second-order valence-corrected chi connectivity index (χ2v) is 4.44. The Balaban J connectivity index is 1.95. The van der Waals surface area contributed by atoms with E-state index >= 15 is 0 Å². The first-order valence-corrected chi connectivity index (χ1v) is 5.97. The smallest absolute Gasteiger partial charge is 0.194 e. The second kappa shape index (κ2) is 4.26. The number of nitrogens with zero attached hydrogens (tertiary/aromatic N) is 1. The predicted octanol–water partition coefficient (Wildman–Crippen LogP) is 2.56. The molecule has 0 radical (unpaired) electrons. The molecule has 0 saturated carbocycles. The van der Waals surface area contributed by atoms with Gasteiger partial charge in [-0.2, -0.15) is 0 Å². The minimum atomic E-state index is 0.0113. The van der Waals surface area contributed by atoms with Crippen molar-refractivity contribution in [3.63, 3.8) is 0 Å². The van der Waals surface area contributed by atoms with Crippen molar-refractivity contribution >= 4 is 5.78 Å². The van der Waals surface area contributed by atoms with Gasteiger partial charge in [-0.25, -0.2) is 0 Å². The van der Waals surface area contributed by atoms with E-state index < -0.39 is 0 Å². The number of carbonyl (C=O) groups excluding carboxylic acids is 1. The Morgan fingerprint density at radius 2 is 2.06 bits per heavy atom. The van der Waals surface area contributed by atoms with Crippen LogP contribution >= 0.6 is 0 Å². The van der Waals surface area contributed by atoms with Gasteiger partial charge in [-0.3, -0.25) is 9.78 Å². The number of benzene rings is 1. The number of carbonyl (C=O) groups is 1. The van der Waals surface area contributed by atoms with Crippen molar-refractivity contribution in [1.29, 1.82) is 0 Å². The van der Waals surface area contributed by atoms with E-state index in [2.05, 4.69) is 4.98 Å². The average Bonchev–Trinajstić information content (AvgIpc) is 2.86. The zero-order chi connectivity index (χ0) is 12.5. The number of hydrogen-bond donors (Lipinski definition) is 0. The molecule has 3 heteroatoms. The van der Waals surface area contributed by atoms with E-state index in [1.54, 1.807) is 6.20 Å². The first-order chi connectivity index (χ1) is 8.74. The monoisotopic (exact) mass is 239 g/mol. The van der Waals surface area contributed by atoms with Crippen LogP contribution in [-0.2, 0) is 6.42 Å². The fourth-order valence-electron chi connectivity index (χ4n) is 2.10. The van der Waals surface area contributed by atoms with Gasteiger partial charge in [0.15, 0.2) is 5.78 Å². The van der Waals surface area contributed by atoms with E-state index in [4.69, 9.17) is 4.74 Å². The van der Waals surface area contributed by atoms with Crippen LogP contribution in [0.4, 0.5) is 0 Å². The molecule has 1 aliphatic rings. The van der Waals surface area contributed by atoms with E-state index in [0.717, 1.165) is 23.4 Å². The first-order valence-electron chi connectivity index (χ1n) is 5.97. The topological polar surface area (TPSA) is 39.2 Å². The summed E-state index contributed by atoms with van der Waals surface area (Å²) in [4.78, 5) is 16.4. The van der Waals surface area contributed by atoms with Gasteiger partial charge < -0.3 is 4.74 Å². The van der Waals surface area contributed by atoms with Gasteiger partial charge in [-0.05, 0) is 42.8 Å². The quantitative estimate of drug-likeness (QED) is 0.756. The zero-order valence-electron chi connectivity index (χ0n) is 10.1. The molecule has 0 unspecified atom stereocenters. The van der Waals surface area contributed by atoms with E-state index in [1.165, 1.54) is 0 Å². The van der Waals surface area contributed by atoms with Gasteiger partial charge in [-0.15, -0.1) is 0 Å². The summed E-state index contributed by atoms with van der Waals surface area (Å²) in [5, 5.41) is 0. The fourth-order valence-corrected chi connectivity index (χ4v) is 2.10. The highest BCUT2D eigenvalue weighted by molar-refractivity contribution is 6.09. The molecule has 0 spiro atoms. The van der Waals surface area contributed by atoms with Crippen molar-refractivity contribution in [1.82, 2.24) is 4.98 Å². The van der Waals surface area contributed by atoms with E-state index in [9.17, 15) is 4.79 Å². The van der Waals surface area contributed by atoms with Crippen LogP contribution in [-0.4, -0.2) is 17.4 Å². The number of ether oxygens (including phenoxy) is 1. The third-order valence-corrected chi connectivity index (χ3v) is 3.13. The van der Waals surface area contributed by atoms with Gasteiger partial charge in [0.25, 0.3) is 0 Å². The van der Waals surface area contributed by atoms with E-state index in [0.29, 0.717) is 17.7 Å². The molecule has 1 aromatic carbocycles. The van der Waals surface area contributed by atoms with Crippen LogP contribution in [0.1, 0.15) is 27.2 Å². The number of rotatable bonds is 2. The SMILES string of the molecule is Cc1ccc(C(=O)c2ccc3c(c2)CCO3)cn1. The van der Waals surface area contributed by atoms with Gasteiger partial charge in [0.2, 0.25) is 0 Å². The molecule has 0 amide bonds. The summed E-state index contributed by atoms with van der Waals surface area (Å²) >= 11 is 0. The molecule has 1 aromatic heterocycles. The molecule has 18 heavy (non-hydrogen) atoms. The van der Waals surface area contributed by atoms with Crippen LogP contribution in [0.3, 0.4) is 0 Å². The molecule has 0 bridgehead atoms. The standard InChI is InChI=1S/C15H13NO2/c1-10-2-3-13(9-16-10)15(17)12-4-5-14-11(8-12)6-7-18-14/h2-5,8-9H,6-7H2,1H3. The van der Waals surface area contributed by atoms with Crippen molar-refractivity contribution in [3.8, 4) is 5.75 Å². The number of pyridine rings is 1. The third kappa shape index (κ3) is 1.88. The summed E-state index contributed by atoms with van der Waals surface area (Å²) < 4.78 is 5.43. The van der Waals surface area contributed by atoms with Crippen molar-refractivity contribution in [3.05, 3.63) is 58.9 Å². The minimum Gasteiger partial charge on any atom is -0.493 e. The summed E-state index contributed by atoms with van der Waals surface area (Å²) in [5.41, 5.74) is 3.35. The summed E-state index contributed by atoms with van der Waals surface area (Å²) in [5.74, 6) is 0.908. The van der Waals surface area contributed by atoms with Gasteiger partial charge in [-0.1, -0.05) is 0 Å². The maximum absolute atomic E-state index is 12.3. The molecule has 90 valence electrons. The molecule has 3 rings (SSSR count). The highest BCUT2D eigenvalue weighted by Crippen LogP contribution is 2.26. The Morgan fingerprint density at radius 3 is 2.83 bits per heavy atom. The number of hydrogen-bond acceptors (Lipinski definition) is 3. The summed E-state index contributed by atoms with van der Waals surface area (Å²) in [6.45, 7) is 2.61. The Hall–Kier alpha value is -2.16. The van der Waals surface area contributed by atoms with E-state index in [-0.39, 0.29) is 5.78 Å². The third-order valence-electron chi connectivity index (χ3n) is 3.13. The van der Waals surface area contributed by atoms with Crippen LogP contribution in [0.25, 0.3) is 0 Å². The maximum atomic E-state index is 12.3. The van der Waals surface area contributed by atoms with Crippen LogP contribution in [0.15, 0.2) is 36.5 Å². The number of fused-ring (bicyclic) bond motifs is 1. The molecular weight excluding hydrogens is 226 g/mol. The zero-order valence-corrected chi connectivity index (χ0v) is 10.1. The van der Waals surface area contributed by atoms with Gasteiger partial charge in [0.1, 0.15) is 5.75 Å². The summed E-state index contributed by atoms with van der Waals surface area (Å²) in [7, 11) is 0. The van der Waals surface area contributed by atoms with Crippen molar-refractivity contribution in [2.45, 2.75) is 13.3 Å². The normalized spacial score (nSPS) is 12.9. The largest absolute Gasteiger partial charge is 0.493 e. The predicted molar refractivity (Wildman–Crippen MR) is 68.0 cm³/mol. The molecule has 0 atom stereocenters. The maximum Gasteiger partial charge on any atom is 0.194 e. The lowest BCUT2D eigenvalue weighted by Gasteiger charge is -2.04. The van der Waals surface area contributed by atoms with Crippen molar-refractivity contribution in [2.75, 3.05) is 6.61 Å². The van der Waals surface area contributed by atoms with Gasteiger partial charge in [0.05, 0.1) is 6.61 Å². The van der Waals surface area contributed by atoms with E-state index in [1.807, 2.05) is 37.3 Å². The number of aryl methyl sites for hydroxylation is 1. The Morgan fingerprint density at radius 1 is 1.22 bits per heavy atom. The Kier molecular flexibility index (Phi) is 2.59. The molecule has 0 fully saturated rings. The molecule has 1 aliphatic heterocycles. The molecular formula is C15H13NO2. The minimum absolute atomic E-state index is 0.0113. The van der Waals surface area contributed by atoms with Gasteiger partial charge >= 0.3 is 0 Å². The average molecular weight is 239 g/mol. The van der Waals surface area contributed by atoms with Crippen molar-refractivity contribution < 1.29 is 9.53 Å². The molecule has 2 aromatic rings. The second-order valence-electron chi connectivity index (χ2n) is 4.44. The molecule has 0 N–H and O–H groups in total. The molecule has 2 heterocycles. The highest BCUT2D eigenvalue weighted by atomic mass is 16.5. The molecule has 0 saturated heterocycles. The van der Waals surface area contributed by atoms with Crippen LogP contribution < -0.4 is 4.74 Å². The summed E-state index contributed by atoms with van der Waals surface area (Å²) in [6.07, 6.45) is 2.50. The van der Waals surface area contributed by atoms with Crippen LogP contribution in [0.2, 0.25) is 0 Å². The van der Waals surface area contributed by atoms with Crippen LogP contribution in [0, 0.1) is 6.92 Å². The Labute approximate surface area is 105 Å². The lowest BCUT2D eigenvalue weighted by Crippen LogP contribution is -2.02. The van der Waals surface area contributed by atoms with Gasteiger partial charge in [0, 0.05) is 29.4 Å². The highest BCUT2D eigenvalue weighted by Gasteiger charge is 2.16. The lowest BCUT2D eigenvalue weighted by molar-refractivity contribution is 0.103. The Bertz CT molecular complexity index is 602. The number of ketones is 1. The van der Waals surface area contributed by atoms with Crippen LogP contribution in [0.5, 0.6) is 5.75 Å².